The van der Waals surface area contributed by atoms with Crippen LogP contribution in [0.5, 0.6) is 11.5 Å². The van der Waals surface area contributed by atoms with Crippen LogP contribution in [0.25, 0.3) is 0 Å². The molecule has 7 nitrogen and oxygen atoms in total. The standard InChI is InChI=1S/C18H19BrN2O5/c1-5-25-18(22)14-9(2)26-17(21)11(8-20)15(14)10-6-12(19)16(24-4)13(7-10)23-3/h6-7,15H,5,21H2,1-4H3/t15-/m1/s1. The normalized spacial score (nSPS) is 16.7. The van der Waals surface area contributed by atoms with E-state index in [2.05, 4.69) is 15.9 Å². The van der Waals surface area contributed by atoms with Gasteiger partial charge in [-0.2, -0.15) is 5.26 Å². The van der Waals surface area contributed by atoms with Crippen molar-refractivity contribution in [2.45, 2.75) is 19.8 Å². The minimum absolute atomic E-state index is 0.0473. The predicted octanol–water partition coefficient (Wildman–Crippen LogP) is 3.11. The second-order valence-corrected chi connectivity index (χ2v) is 6.21. The highest BCUT2D eigenvalue weighted by Gasteiger charge is 2.37. The first kappa shape index (κ1) is 19.7. The van der Waals surface area contributed by atoms with Crippen LogP contribution in [0.1, 0.15) is 25.3 Å². The smallest absolute Gasteiger partial charge is 0.338 e. The van der Waals surface area contributed by atoms with Gasteiger partial charge in [0, 0.05) is 0 Å². The molecule has 1 aromatic carbocycles. The fourth-order valence-corrected chi connectivity index (χ4v) is 3.41. The highest BCUT2D eigenvalue weighted by atomic mass is 79.9. The van der Waals surface area contributed by atoms with Crippen molar-refractivity contribution in [2.75, 3.05) is 20.8 Å². The number of carbonyl (C=O) groups excluding carboxylic acids is 1. The molecule has 8 heteroatoms. The largest absolute Gasteiger partial charge is 0.493 e. The Hall–Kier alpha value is -2.66. The van der Waals surface area contributed by atoms with Gasteiger partial charge in [0.1, 0.15) is 17.4 Å². The maximum atomic E-state index is 12.5. The molecule has 1 heterocycles. The summed E-state index contributed by atoms with van der Waals surface area (Å²) in [5, 5.41) is 9.60. The lowest BCUT2D eigenvalue weighted by Crippen LogP contribution is -2.25. The average molecular weight is 423 g/mol. The number of hydrogen-bond acceptors (Lipinski definition) is 7. The summed E-state index contributed by atoms with van der Waals surface area (Å²) in [7, 11) is 3.02. The molecule has 0 aliphatic carbocycles. The van der Waals surface area contributed by atoms with Crippen LogP contribution in [0, 0.1) is 11.3 Å². The number of nitrogens with two attached hydrogens (primary N) is 1. The third-order valence-corrected chi connectivity index (χ3v) is 4.48. The van der Waals surface area contributed by atoms with Crippen molar-refractivity contribution in [1.29, 1.82) is 5.26 Å². The molecular formula is C18H19BrN2O5. The van der Waals surface area contributed by atoms with E-state index in [1.165, 1.54) is 14.2 Å². The molecule has 0 radical (unpaired) electrons. The minimum Gasteiger partial charge on any atom is -0.493 e. The summed E-state index contributed by atoms with van der Waals surface area (Å²) in [6.45, 7) is 3.50. The molecule has 1 aliphatic heterocycles. The molecule has 0 bridgehead atoms. The average Bonchev–Trinajstić information content (AvgIpc) is 2.60. The van der Waals surface area contributed by atoms with E-state index in [4.69, 9.17) is 24.7 Å². The van der Waals surface area contributed by atoms with Gasteiger partial charge in [0.15, 0.2) is 11.5 Å². The fraction of sp³-hybridized carbons (Fsp3) is 0.333. The van der Waals surface area contributed by atoms with E-state index in [1.807, 2.05) is 6.07 Å². The third-order valence-electron chi connectivity index (χ3n) is 3.89. The topological polar surface area (TPSA) is 104 Å². The van der Waals surface area contributed by atoms with Crippen molar-refractivity contribution in [2.24, 2.45) is 5.73 Å². The number of benzene rings is 1. The Kier molecular flexibility index (Phi) is 6.16. The lowest BCUT2D eigenvalue weighted by atomic mass is 9.83. The summed E-state index contributed by atoms with van der Waals surface area (Å²) in [5.74, 6) is -0.132. The molecule has 2 N–H and O–H groups in total. The van der Waals surface area contributed by atoms with E-state index >= 15 is 0 Å². The molecule has 0 unspecified atom stereocenters. The Morgan fingerprint density at radius 2 is 2.08 bits per heavy atom. The fourth-order valence-electron chi connectivity index (χ4n) is 2.79. The number of halogens is 1. The Morgan fingerprint density at radius 1 is 1.38 bits per heavy atom. The van der Waals surface area contributed by atoms with Crippen LogP contribution in [-0.4, -0.2) is 26.8 Å². The van der Waals surface area contributed by atoms with Crippen molar-refractivity contribution >= 4 is 21.9 Å². The SMILES string of the molecule is CCOC(=O)C1=C(C)OC(N)=C(C#N)[C@H]1c1cc(Br)c(OC)c(OC)c1. The molecule has 0 spiro atoms. The molecule has 0 fully saturated rings. The zero-order valence-electron chi connectivity index (χ0n) is 14.9. The number of nitrogens with zero attached hydrogens (tertiary/aromatic N) is 1. The van der Waals surface area contributed by atoms with Crippen LogP contribution in [0.15, 0.2) is 39.4 Å². The molecule has 2 rings (SSSR count). The summed E-state index contributed by atoms with van der Waals surface area (Å²) in [5.41, 5.74) is 6.84. The van der Waals surface area contributed by atoms with Gasteiger partial charge >= 0.3 is 5.97 Å². The van der Waals surface area contributed by atoms with E-state index in [0.717, 1.165) is 0 Å². The summed E-state index contributed by atoms with van der Waals surface area (Å²) in [6, 6.07) is 5.47. The van der Waals surface area contributed by atoms with Gasteiger partial charge in [-0.1, -0.05) is 0 Å². The van der Waals surface area contributed by atoms with Crippen LogP contribution in [0.3, 0.4) is 0 Å². The van der Waals surface area contributed by atoms with Crippen molar-refractivity contribution in [3.63, 3.8) is 0 Å². The molecule has 138 valence electrons. The molecule has 0 amide bonds. The number of allylic oxidation sites excluding steroid dienone is 2. The van der Waals surface area contributed by atoms with E-state index in [0.29, 0.717) is 21.5 Å². The molecule has 1 aliphatic rings. The first-order chi connectivity index (χ1) is 12.4. The summed E-state index contributed by atoms with van der Waals surface area (Å²) in [4.78, 5) is 12.5. The molecule has 0 aromatic heterocycles. The first-order valence-corrected chi connectivity index (χ1v) is 8.55. The lowest BCUT2D eigenvalue weighted by molar-refractivity contribution is -0.139. The zero-order chi connectivity index (χ0) is 19.4. The van der Waals surface area contributed by atoms with Gasteiger partial charge < -0.3 is 24.7 Å². The summed E-state index contributed by atoms with van der Waals surface area (Å²) >= 11 is 3.43. The van der Waals surface area contributed by atoms with Crippen molar-refractivity contribution in [3.8, 4) is 17.6 Å². The van der Waals surface area contributed by atoms with Crippen molar-refractivity contribution < 1.29 is 23.7 Å². The number of carbonyl (C=O) groups is 1. The molecule has 0 saturated heterocycles. The molecule has 26 heavy (non-hydrogen) atoms. The number of esters is 1. The van der Waals surface area contributed by atoms with Crippen LogP contribution in [0.2, 0.25) is 0 Å². The Morgan fingerprint density at radius 3 is 2.62 bits per heavy atom. The Bertz CT molecular complexity index is 839. The Labute approximate surface area is 160 Å². The Balaban J connectivity index is 2.72. The second-order valence-electron chi connectivity index (χ2n) is 5.35. The number of rotatable bonds is 5. The molecule has 0 saturated carbocycles. The number of methoxy groups -OCH3 is 2. The van der Waals surface area contributed by atoms with E-state index in [1.54, 1.807) is 26.0 Å². The van der Waals surface area contributed by atoms with Crippen LogP contribution >= 0.6 is 15.9 Å². The van der Waals surface area contributed by atoms with Crippen molar-refractivity contribution in [1.82, 2.24) is 0 Å². The molecular weight excluding hydrogens is 404 g/mol. The molecule has 1 aromatic rings. The van der Waals surface area contributed by atoms with E-state index in [9.17, 15) is 10.1 Å². The highest BCUT2D eigenvalue weighted by molar-refractivity contribution is 9.10. The van der Waals surface area contributed by atoms with Gasteiger partial charge in [-0.25, -0.2) is 4.79 Å². The maximum absolute atomic E-state index is 12.5. The van der Waals surface area contributed by atoms with Gasteiger partial charge in [-0.15, -0.1) is 0 Å². The van der Waals surface area contributed by atoms with Gasteiger partial charge in [0.2, 0.25) is 5.88 Å². The van der Waals surface area contributed by atoms with Gasteiger partial charge in [-0.05, 0) is 47.5 Å². The van der Waals surface area contributed by atoms with Crippen LogP contribution in [0.4, 0.5) is 0 Å². The monoisotopic (exact) mass is 422 g/mol. The molecule has 1 atom stereocenters. The lowest BCUT2D eigenvalue weighted by Gasteiger charge is -2.27. The van der Waals surface area contributed by atoms with Gasteiger partial charge in [0.25, 0.3) is 0 Å². The third kappa shape index (κ3) is 3.48. The maximum Gasteiger partial charge on any atom is 0.338 e. The number of hydrogen-bond donors (Lipinski definition) is 1. The highest BCUT2D eigenvalue weighted by Crippen LogP contribution is 2.44. The van der Waals surface area contributed by atoms with Gasteiger partial charge in [-0.3, -0.25) is 0 Å². The van der Waals surface area contributed by atoms with Crippen molar-refractivity contribution in [3.05, 3.63) is 45.0 Å². The van der Waals surface area contributed by atoms with Crippen LogP contribution in [-0.2, 0) is 14.3 Å². The zero-order valence-corrected chi connectivity index (χ0v) is 16.5. The van der Waals surface area contributed by atoms with E-state index in [-0.39, 0.29) is 29.4 Å². The van der Waals surface area contributed by atoms with E-state index < -0.39 is 11.9 Å². The quantitative estimate of drug-likeness (QED) is 0.726. The minimum atomic E-state index is -0.746. The predicted molar refractivity (Wildman–Crippen MR) is 97.2 cm³/mol. The second kappa shape index (κ2) is 8.15. The van der Waals surface area contributed by atoms with Crippen LogP contribution < -0.4 is 15.2 Å². The van der Waals surface area contributed by atoms with Gasteiger partial charge in [0.05, 0.1) is 36.8 Å². The number of ether oxygens (including phenoxy) is 4. The summed E-state index contributed by atoms with van der Waals surface area (Å²) < 4.78 is 21.8. The first-order valence-electron chi connectivity index (χ1n) is 7.76. The number of nitriles is 1. The summed E-state index contributed by atoms with van der Waals surface area (Å²) in [6.07, 6.45) is 0.